The van der Waals surface area contributed by atoms with Gasteiger partial charge in [0.1, 0.15) is 18.4 Å². The summed E-state index contributed by atoms with van der Waals surface area (Å²) >= 11 is 12.2. The molecule has 7 heteroatoms. The SMILES string of the molecule is O=C(NC(C(=O)O)C12CC3CC(CC(C3)C1)C2)c1ccc2ccccc2c1OCc1ccc(Cl)c(Cl)c1. The normalized spacial score (nSPS) is 26.7. The summed E-state index contributed by atoms with van der Waals surface area (Å²) < 4.78 is 6.23. The molecule has 5 nitrogen and oxygen atoms in total. The summed E-state index contributed by atoms with van der Waals surface area (Å²) in [5.41, 5.74) is 0.772. The van der Waals surface area contributed by atoms with Gasteiger partial charge >= 0.3 is 5.97 Å². The lowest BCUT2D eigenvalue weighted by molar-refractivity contribution is -0.150. The molecule has 3 aromatic rings. The van der Waals surface area contributed by atoms with E-state index in [-0.39, 0.29) is 12.0 Å². The van der Waals surface area contributed by atoms with E-state index in [0.29, 0.717) is 39.1 Å². The highest BCUT2D eigenvalue weighted by molar-refractivity contribution is 6.42. The lowest BCUT2D eigenvalue weighted by Gasteiger charge is -2.58. The lowest BCUT2D eigenvalue weighted by Crippen LogP contribution is -2.59. The van der Waals surface area contributed by atoms with Crippen LogP contribution in [0.1, 0.15) is 54.4 Å². The number of benzene rings is 3. The summed E-state index contributed by atoms with van der Waals surface area (Å²) in [4.78, 5) is 26.3. The first-order valence-electron chi connectivity index (χ1n) is 12.9. The van der Waals surface area contributed by atoms with E-state index >= 15 is 0 Å². The molecule has 4 saturated carbocycles. The minimum absolute atomic E-state index is 0.183. The van der Waals surface area contributed by atoms with Gasteiger partial charge in [-0.2, -0.15) is 0 Å². The van der Waals surface area contributed by atoms with Gasteiger partial charge in [-0.25, -0.2) is 4.79 Å². The Morgan fingerprint density at radius 3 is 2.27 bits per heavy atom. The molecular formula is C30H29Cl2NO4. The number of amides is 1. The smallest absolute Gasteiger partial charge is 0.326 e. The van der Waals surface area contributed by atoms with Crippen LogP contribution in [0.3, 0.4) is 0 Å². The molecule has 4 aliphatic carbocycles. The van der Waals surface area contributed by atoms with Crippen molar-refractivity contribution in [3.63, 3.8) is 0 Å². The van der Waals surface area contributed by atoms with Gasteiger partial charge < -0.3 is 15.2 Å². The molecule has 0 spiro atoms. The number of carboxylic acid groups (broad SMARTS) is 1. The fourth-order valence-corrected chi connectivity index (χ4v) is 7.90. The lowest BCUT2D eigenvalue weighted by atomic mass is 9.47. The summed E-state index contributed by atoms with van der Waals surface area (Å²) in [6.07, 6.45) is 6.27. The number of aliphatic carboxylic acids is 1. The monoisotopic (exact) mass is 537 g/mol. The topological polar surface area (TPSA) is 75.6 Å². The van der Waals surface area contributed by atoms with Crippen LogP contribution >= 0.6 is 23.2 Å². The van der Waals surface area contributed by atoms with Gasteiger partial charge in [0, 0.05) is 10.8 Å². The average Bonchev–Trinajstić information content (AvgIpc) is 2.86. The number of carbonyl (C=O) groups is 2. The summed E-state index contributed by atoms with van der Waals surface area (Å²) in [6, 6.07) is 15.6. The Hall–Kier alpha value is -2.76. The van der Waals surface area contributed by atoms with Crippen LogP contribution in [0.4, 0.5) is 0 Å². The molecular weight excluding hydrogens is 509 g/mol. The minimum atomic E-state index is -0.950. The van der Waals surface area contributed by atoms with Gasteiger partial charge in [0.15, 0.2) is 0 Å². The molecule has 4 fully saturated rings. The maximum Gasteiger partial charge on any atom is 0.326 e. The quantitative estimate of drug-likeness (QED) is 0.336. The molecule has 0 heterocycles. The molecule has 0 aliphatic heterocycles. The molecule has 4 aliphatic rings. The highest BCUT2D eigenvalue weighted by atomic mass is 35.5. The Kier molecular flexibility index (Phi) is 6.32. The number of carbonyl (C=O) groups excluding carboxylic acids is 1. The van der Waals surface area contributed by atoms with Gasteiger partial charge in [-0.3, -0.25) is 4.79 Å². The second kappa shape index (κ2) is 9.52. The van der Waals surface area contributed by atoms with Crippen molar-refractivity contribution in [2.45, 2.75) is 51.2 Å². The molecule has 3 aromatic carbocycles. The van der Waals surface area contributed by atoms with E-state index in [4.69, 9.17) is 27.9 Å². The second-order valence-electron chi connectivity index (χ2n) is 11.2. The Bertz CT molecular complexity index is 1350. The minimum Gasteiger partial charge on any atom is -0.487 e. The third-order valence-corrected chi connectivity index (χ3v) is 9.45. The van der Waals surface area contributed by atoms with Crippen molar-refractivity contribution in [2.24, 2.45) is 23.2 Å². The van der Waals surface area contributed by atoms with Crippen LogP contribution < -0.4 is 10.1 Å². The predicted molar refractivity (Wildman–Crippen MR) is 144 cm³/mol. The third kappa shape index (κ3) is 4.57. The van der Waals surface area contributed by atoms with Crippen LogP contribution in [-0.2, 0) is 11.4 Å². The zero-order chi connectivity index (χ0) is 25.7. The number of fused-ring (bicyclic) bond motifs is 1. The van der Waals surface area contributed by atoms with E-state index in [1.807, 2.05) is 36.4 Å². The molecule has 1 atom stereocenters. The number of ether oxygens (including phenoxy) is 1. The van der Waals surface area contributed by atoms with Crippen molar-refractivity contribution in [3.8, 4) is 5.75 Å². The predicted octanol–water partition coefficient (Wildman–Crippen LogP) is 7.13. The molecule has 1 amide bonds. The molecule has 1 unspecified atom stereocenters. The van der Waals surface area contributed by atoms with Crippen molar-refractivity contribution in [1.29, 1.82) is 0 Å². The molecule has 37 heavy (non-hydrogen) atoms. The van der Waals surface area contributed by atoms with E-state index in [1.54, 1.807) is 18.2 Å². The van der Waals surface area contributed by atoms with Gasteiger partial charge in [-0.1, -0.05) is 59.6 Å². The van der Waals surface area contributed by atoms with E-state index in [9.17, 15) is 14.7 Å². The Balaban J connectivity index is 1.31. The first-order chi connectivity index (χ1) is 17.8. The average molecular weight is 538 g/mol. The number of carboxylic acids is 1. The standard InChI is InChI=1S/C30H29Cl2NO4/c31-24-8-5-17(12-25(24)32)16-37-26-22-4-2-1-3-21(22)6-7-23(26)28(34)33-27(29(35)36)30-13-18-9-19(14-30)11-20(10-18)15-30/h1-8,12,18-20,27H,9-11,13-16H2,(H,33,34)(H,35,36). The zero-order valence-corrected chi connectivity index (χ0v) is 21.9. The first-order valence-corrected chi connectivity index (χ1v) is 13.7. The number of rotatable bonds is 7. The third-order valence-electron chi connectivity index (χ3n) is 8.71. The van der Waals surface area contributed by atoms with Crippen LogP contribution in [0.5, 0.6) is 5.75 Å². The van der Waals surface area contributed by atoms with Crippen molar-refractivity contribution in [2.75, 3.05) is 0 Å². The molecule has 4 bridgehead atoms. The van der Waals surface area contributed by atoms with Gasteiger partial charge in [-0.05, 0) is 85.4 Å². The molecule has 0 saturated heterocycles. The Labute approximate surface area is 226 Å². The van der Waals surface area contributed by atoms with Gasteiger partial charge in [0.25, 0.3) is 5.91 Å². The van der Waals surface area contributed by atoms with Crippen molar-refractivity contribution in [3.05, 3.63) is 75.8 Å². The van der Waals surface area contributed by atoms with Crippen LogP contribution in [0.15, 0.2) is 54.6 Å². The molecule has 0 aromatic heterocycles. The van der Waals surface area contributed by atoms with Crippen molar-refractivity contribution >= 4 is 45.9 Å². The fraction of sp³-hybridized carbons (Fsp3) is 0.400. The maximum absolute atomic E-state index is 13.7. The van der Waals surface area contributed by atoms with E-state index in [1.165, 1.54) is 19.3 Å². The fourth-order valence-electron chi connectivity index (χ4n) is 7.58. The Morgan fingerprint density at radius 1 is 0.946 bits per heavy atom. The Morgan fingerprint density at radius 2 is 1.62 bits per heavy atom. The van der Waals surface area contributed by atoms with Crippen LogP contribution in [0, 0.1) is 23.2 Å². The highest BCUT2D eigenvalue weighted by Crippen LogP contribution is 2.61. The van der Waals surface area contributed by atoms with E-state index in [2.05, 4.69) is 5.32 Å². The second-order valence-corrected chi connectivity index (χ2v) is 12.0. The summed E-state index contributed by atoms with van der Waals surface area (Å²) in [5, 5.41) is 15.9. The van der Waals surface area contributed by atoms with Crippen LogP contribution in [0.2, 0.25) is 10.0 Å². The number of hydrogen-bond acceptors (Lipinski definition) is 3. The largest absolute Gasteiger partial charge is 0.487 e. The molecule has 7 rings (SSSR count). The van der Waals surface area contributed by atoms with E-state index < -0.39 is 17.9 Å². The number of nitrogens with one attached hydrogen (secondary N) is 1. The summed E-state index contributed by atoms with van der Waals surface area (Å²) in [5.74, 6) is 0.797. The molecule has 192 valence electrons. The van der Waals surface area contributed by atoms with Gasteiger partial charge in [0.2, 0.25) is 0 Å². The van der Waals surface area contributed by atoms with Crippen molar-refractivity contribution < 1.29 is 19.4 Å². The molecule has 0 radical (unpaired) electrons. The summed E-state index contributed by atoms with van der Waals surface area (Å²) in [7, 11) is 0. The maximum atomic E-state index is 13.7. The van der Waals surface area contributed by atoms with Gasteiger partial charge in [0.05, 0.1) is 15.6 Å². The first kappa shape index (κ1) is 24.6. The zero-order valence-electron chi connectivity index (χ0n) is 20.4. The van der Waals surface area contributed by atoms with Crippen LogP contribution in [-0.4, -0.2) is 23.0 Å². The van der Waals surface area contributed by atoms with Crippen LogP contribution in [0.25, 0.3) is 10.8 Å². The number of hydrogen-bond donors (Lipinski definition) is 2. The van der Waals surface area contributed by atoms with Crippen molar-refractivity contribution in [1.82, 2.24) is 5.32 Å². The van der Waals surface area contributed by atoms with Gasteiger partial charge in [-0.15, -0.1) is 0 Å². The molecule has 2 N–H and O–H groups in total. The highest BCUT2D eigenvalue weighted by Gasteiger charge is 2.56. The van der Waals surface area contributed by atoms with E-state index in [0.717, 1.165) is 35.6 Å². The number of halogens is 2. The summed E-state index contributed by atoms with van der Waals surface area (Å²) in [6.45, 7) is 0.183.